The van der Waals surface area contributed by atoms with Crippen molar-refractivity contribution in [1.82, 2.24) is 9.62 Å². The highest BCUT2D eigenvalue weighted by Gasteiger charge is 2.35. The number of sulfonamides is 1. The van der Waals surface area contributed by atoms with Gasteiger partial charge in [0.05, 0.1) is 6.04 Å². The third-order valence-electron chi connectivity index (χ3n) is 3.74. The smallest absolute Gasteiger partial charge is 0.250 e. The summed E-state index contributed by atoms with van der Waals surface area (Å²) in [5.74, 6) is 0.101. The molecule has 1 amide bonds. The SMILES string of the molecule is CC(NS(=O)(=O)c1cccs1)C(=O)N1CC(CN)CC1C.Cl. The van der Waals surface area contributed by atoms with Crippen molar-refractivity contribution in [3.63, 3.8) is 0 Å². The van der Waals surface area contributed by atoms with Crippen LogP contribution >= 0.6 is 23.7 Å². The Morgan fingerprint density at radius 2 is 2.27 bits per heavy atom. The van der Waals surface area contributed by atoms with E-state index in [2.05, 4.69) is 4.72 Å². The number of halogens is 1. The molecule has 126 valence electrons. The van der Waals surface area contributed by atoms with Crippen LogP contribution in [0.25, 0.3) is 0 Å². The lowest BCUT2D eigenvalue weighted by molar-refractivity contribution is -0.133. The Bertz CT molecular complexity index is 592. The van der Waals surface area contributed by atoms with Crippen LogP contribution < -0.4 is 10.5 Å². The second kappa shape index (κ2) is 7.74. The van der Waals surface area contributed by atoms with Crippen molar-refractivity contribution < 1.29 is 13.2 Å². The zero-order valence-electron chi connectivity index (χ0n) is 12.6. The molecular formula is C13H22ClN3O3S2. The first-order valence-electron chi connectivity index (χ1n) is 6.91. The van der Waals surface area contributed by atoms with Gasteiger partial charge in [-0.3, -0.25) is 4.79 Å². The van der Waals surface area contributed by atoms with Crippen LogP contribution in [0.4, 0.5) is 0 Å². The molecule has 0 spiro atoms. The summed E-state index contributed by atoms with van der Waals surface area (Å²) in [5, 5.41) is 1.69. The number of carbonyl (C=O) groups is 1. The number of thiophene rings is 1. The number of hydrogen-bond acceptors (Lipinski definition) is 5. The Kier molecular flexibility index (Phi) is 6.82. The molecule has 3 atom stereocenters. The number of likely N-dealkylation sites (tertiary alicyclic amines) is 1. The highest BCUT2D eigenvalue weighted by atomic mass is 35.5. The Labute approximate surface area is 141 Å². The number of nitrogens with one attached hydrogen (secondary N) is 1. The summed E-state index contributed by atoms with van der Waals surface area (Å²) in [6, 6.07) is 2.50. The van der Waals surface area contributed by atoms with Crippen LogP contribution in [-0.2, 0) is 14.8 Å². The van der Waals surface area contributed by atoms with Gasteiger partial charge in [-0.2, -0.15) is 4.72 Å². The van der Waals surface area contributed by atoms with Crippen LogP contribution in [0.5, 0.6) is 0 Å². The molecule has 0 aromatic carbocycles. The Hall–Kier alpha value is -0.670. The second-order valence-electron chi connectivity index (χ2n) is 5.45. The van der Waals surface area contributed by atoms with Gasteiger partial charge in [-0.05, 0) is 44.2 Å². The molecule has 0 aliphatic carbocycles. The maximum Gasteiger partial charge on any atom is 0.250 e. The normalized spacial score (nSPS) is 23.1. The summed E-state index contributed by atoms with van der Waals surface area (Å²) >= 11 is 1.13. The predicted molar refractivity (Wildman–Crippen MR) is 89.7 cm³/mol. The molecule has 3 N–H and O–H groups in total. The van der Waals surface area contributed by atoms with Gasteiger partial charge in [-0.1, -0.05) is 6.07 Å². The molecule has 2 rings (SSSR count). The predicted octanol–water partition coefficient (Wildman–Crippen LogP) is 1.03. The molecule has 1 aliphatic rings. The number of rotatable bonds is 5. The van der Waals surface area contributed by atoms with Crippen molar-refractivity contribution in [2.75, 3.05) is 13.1 Å². The molecule has 1 saturated heterocycles. The van der Waals surface area contributed by atoms with Gasteiger partial charge in [-0.25, -0.2) is 8.42 Å². The fourth-order valence-corrected chi connectivity index (χ4v) is 4.83. The lowest BCUT2D eigenvalue weighted by Crippen LogP contribution is -2.48. The molecule has 1 fully saturated rings. The topological polar surface area (TPSA) is 92.5 Å². The molecule has 0 bridgehead atoms. The quantitative estimate of drug-likeness (QED) is 0.813. The van der Waals surface area contributed by atoms with Crippen LogP contribution in [0.15, 0.2) is 21.7 Å². The van der Waals surface area contributed by atoms with E-state index in [9.17, 15) is 13.2 Å². The fraction of sp³-hybridized carbons (Fsp3) is 0.615. The lowest BCUT2D eigenvalue weighted by atomic mass is 10.1. The van der Waals surface area contributed by atoms with Gasteiger partial charge in [0.15, 0.2) is 0 Å². The standard InChI is InChI=1S/C13H21N3O3S2.ClH/c1-9-6-11(7-14)8-16(9)13(17)10(2)15-21(18,19)12-4-3-5-20-12;/h3-5,9-11,15H,6-8,14H2,1-2H3;1H. The molecule has 22 heavy (non-hydrogen) atoms. The van der Waals surface area contributed by atoms with Crippen LogP contribution in [0.3, 0.4) is 0 Å². The van der Waals surface area contributed by atoms with E-state index in [1.54, 1.807) is 23.3 Å². The Morgan fingerprint density at radius 3 is 2.77 bits per heavy atom. The van der Waals surface area contributed by atoms with Crippen LogP contribution in [0.2, 0.25) is 0 Å². The molecule has 9 heteroatoms. The third-order valence-corrected chi connectivity index (χ3v) is 6.68. The number of amides is 1. The van der Waals surface area contributed by atoms with E-state index >= 15 is 0 Å². The minimum atomic E-state index is -3.63. The maximum absolute atomic E-state index is 12.4. The first-order valence-corrected chi connectivity index (χ1v) is 9.28. The average molecular weight is 368 g/mol. The zero-order valence-corrected chi connectivity index (χ0v) is 15.0. The summed E-state index contributed by atoms with van der Waals surface area (Å²) in [6.07, 6.45) is 0.868. The highest BCUT2D eigenvalue weighted by Crippen LogP contribution is 2.23. The van der Waals surface area contributed by atoms with Gasteiger partial charge in [0, 0.05) is 12.6 Å². The van der Waals surface area contributed by atoms with Gasteiger partial charge in [-0.15, -0.1) is 23.7 Å². The highest BCUT2D eigenvalue weighted by molar-refractivity contribution is 7.91. The number of nitrogens with two attached hydrogens (primary N) is 1. The number of carbonyl (C=O) groups excluding carboxylic acids is 1. The van der Waals surface area contributed by atoms with Gasteiger partial charge in [0.1, 0.15) is 4.21 Å². The Balaban J connectivity index is 0.00000242. The van der Waals surface area contributed by atoms with E-state index in [0.29, 0.717) is 19.0 Å². The van der Waals surface area contributed by atoms with Gasteiger partial charge in [0.25, 0.3) is 10.0 Å². The monoisotopic (exact) mass is 367 g/mol. The first kappa shape index (κ1) is 19.4. The number of nitrogens with zero attached hydrogens (tertiary/aromatic N) is 1. The van der Waals surface area contributed by atoms with E-state index < -0.39 is 16.1 Å². The van der Waals surface area contributed by atoms with E-state index in [1.807, 2.05) is 6.92 Å². The third kappa shape index (κ3) is 4.20. The van der Waals surface area contributed by atoms with Crippen LogP contribution in [0, 0.1) is 5.92 Å². The molecule has 0 radical (unpaired) electrons. The van der Waals surface area contributed by atoms with E-state index in [1.165, 1.54) is 6.07 Å². The zero-order chi connectivity index (χ0) is 15.6. The van der Waals surface area contributed by atoms with Gasteiger partial charge >= 0.3 is 0 Å². The summed E-state index contributed by atoms with van der Waals surface area (Å²) in [4.78, 5) is 14.1. The summed E-state index contributed by atoms with van der Waals surface area (Å²) < 4.78 is 26.9. The molecule has 3 unspecified atom stereocenters. The lowest BCUT2D eigenvalue weighted by Gasteiger charge is -2.25. The molecule has 1 aromatic rings. The average Bonchev–Trinajstić information content (AvgIpc) is 3.06. The van der Waals surface area contributed by atoms with Crippen LogP contribution in [-0.4, -0.2) is 44.4 Å². The van der Waals surface area contributed by atoms with E-state index in [-0.39, 0.29) is 28.6 Å². The fourth-order valence-electron chi connectivity index (χ4n) is 2.63. The Morgan fingerprint density at radius 1 is 1.59 bits per heavy atom. The molecular weight excluding hydrogens is 346 g/mol. The first-order chi connectivity index (χ1) is 9.85. The van der Waals surface area contributed by atoms with Crippen molar-refractivity contribution in [2.24, 2.45) is 11.7 Å². The van der Waals surface area contributed by atoms with Crippen molar-refractivity contribution in [1.29, 1.82) is 0 Å². The van der Waals surface area contributed by atoms with Crippen molar-refractivity contribution >= 4 is 39.7 Å². The number of hydrogen-bond donors (Lipinski definition) is 2. The molecule has 2 heterocycles. The van der Waals surface area contributed by atoms with Crippen LogP contribution in [0.1, 0.15) is 20.3 Å². The van der Waals surface area contributed by atoms with Crippen molar-refractivity contribution in [2.45, 2.75) is 36.6 Å². The van der Waals surface area contributed by atoms with Gasteiger partial charge < -0.3 is 10.6 Å². The molecule has 1 aromatic heterocycles. The largest absolute Gasteiger partial charge is 0.338 e. The summed E-state index contributed by atoms with van der Waals surface area (Å²) in [6.45, 7) is 4.69. The van der Waals surface area contributed by atoms with Gasteiger partial charge in [0.2, 0.25) is 5.91 Å². The molecule has 1 aliphatic heterocycles. The van der Waals surface area contributed by atoms with E-state index in [4.69, 9.17) is 5.73 Å². The van der Waals surface area contributed by atoms with E-state index in [0.717, 1.165) is 17.8 Å². The molecule has 6 nitrogen and oxygen atoms in total. The minimum absolute atomic E-state index is 0. The maximum atomic E-state index is 12.4. The van der Waals surface area contributed by atoms with Crippen molar-refractivity contribution in [3.8, 4) is 0 Å². The summed E-state index contributed by atoms with van der Waals surface area (Å²) in [7, 11) is -3.63. The molecule has 0 saturated carbocycles. The van der Waals surface area contributed by atoms with Crippen molar-refractivity contribution in [3.05, 3.63) is 17.5 Å². The summed E-state index contributed by atoms with van der Waals surface area (Å²) in [5.41, 5.74) is 5.65. The minimum Gasteiger partial charge on any atom is -0.338 e. The second-order valence-corrected chi connectivity index (χ2v) is 8.34.